The van der Waals surface area contributed by atoms with E-state index in [1.807, 2.05) is 36.4 Å². The first-order chi connectivity index (χ1) is 11.3. The van der Waals surface area contributed by atoms with Crippen LogP contribution in [0.25, 0.3) is 21.3 Å². The number of thiazole rings is 1. The van der Waals surface area contributed by atoms with Crippen molar-refractivity contribution in [1.82, 2.24) is 20.3 Å². The topological polar surface area (TPSA) is 70.7 Å². The highest BCUT2D eigenvalue weighted by Gasteiger charge is 2.08. The molecule has 0 atom stereocenters. The molecular weight excluding hydrogens is 308 g/mol. The molecule has 0 radical (unpaired) electrons. The van der Waals surface area contributed by atoms with E-state index in [1.54, 1.807) is 11.6 Å². The molecule has 2 aromatic carbocycles. The summed E-state index contributed by atoms with van der Waals surface area (Å²) in [5.74, 6) is 0.806. The van der Waals surface area contributed by atoms with Crippen LogP contribution in [0, 0.1) is 0 Å². The Balaban J connectivity index is 1.40. The highest BCUT2D eigenvalue weighted by Crippen LogP contribution is 2.19. The predicted octanol–water partition coefficient (Wildman–Crippen LogP) is 3.15. The molecule has 0 spiro atoms. The summed E-state index contributed by atoms with van der Waals surface area (Å²) in [6.07, 6.45) is 0.670. The van der Waals surface area contributed by atoms with Crippen molar-refractivity contribution in [1.29, 1.82) is 0 Å². The third kappa shape index (κ3) is 2.80. The molecule has 2 aromatic heterocycles. The largest absolute Gasteiger partial charge is 0.352 e. The number of aromatic nitrogens is 3. The van der Waals surface area contributed by atoms with Gasteiger partial charge >= 0.3 is 0 Å². The number of nitrogens with one attached hydrogen (secondary N) is 2. The molecular formula is C17H14N4OS. The minimum absolute atomic E-state index is 0.0728. The summed E-state index contributed by atoms with van der Waals surface area (Å²) >= 11 is 1.54. The molecule has 2 heterocycles. The summed E-state index contributed by atoms with van der Waals surface area (Å²) in [5.41, 5.74) is 5.34. The number of hydrogen-bond acceptors (Lipinski definition) is 4. The number of aromatic amines is 1. The van der Waals surface area contributed by atoms with Crippen LogP contribution < -0.4 is 5.32 Å². The van der Waals surface area contributed by atoms with Crippen LogP contribution in [-0.2, 0) is 6.42 Å². The van der Waals surface area contributed by atoms with Crippen LogP contribution in [0.3, 0.4) is 0 Å². The first kappa shape index (κ1) is 13.9. The van der Waals surface area contributed by atoms with Gasteiger partial charge in [-0.1, -0.05) is 12.1 Å². The average molecular weight is 322 g/mol. The standard InChI is InChI=1S/C17H14N4OS/c22-17(11-5-6-14-15(9-11)23-10-19-14)18-8-7-16-20-12-3-1-2-4-13(12)21-16/h1-6,9-10H,7-8H2,(H,18,22)(H,20,21). The van der Waals surface area contributed by atoms with Gasteiger partial charge in [-0.2, -0.15) is 0 Å². The number of fused-ring (bicyclic) bond motifs is 2. The van der Waals surface area contributed by atoms with Crippen LogP contribution in [0.1, 0.15) is 16.2 Å². The van der Waals surface area contributed by atoms with Crippen LogP contribution in [0.2, 0.25) is 0 Å². The van der Waals surface area contributed by atoms with Gasteiger partial charge in [0.05, 0.1) is 26.8 Å². The number of amides is 1. The van der Waals surface area contributed by atoms with Crippen molar-refractivity contribution in [2.24, 2.45) is 0 Å². The Morgan fingerprint density at radius 1 is 1.17 bits per heavy atom. The molecule has 2 N–H and O–H groups in total. The average Bonchev–Trinajstić information content (AvgIpc) is 3.19. The summed E-state index contributed by atoms with van der Waals surface area (Å²) in [6, 6.07) is 13.5. The summed E-state index contributed by atoms with van der Waals surface area (Å²) in [7, 11) is 0. The number of H-pyrrole nitrogens is 1. The fraction of sp³-hybridized carbons (Fsp3) is 0.118. The van der Waals surface area contributed by atoms with Crippen molar-refractivity contribution in [3.8, 4) is 0 Å². The van der Waals surface area contributed by atoms with Gasteiger partial charge in [-0.3, -0.25) is 4.79 Å². The Kier molecular flexibility index (Phi) is 3.51. The SMILES string of the molecule is O=C(NCCc1nc2ccccc2[nH]1)c1ccc2ncsc2c1. The minimum Gasteiger partial charge on any atom is -0.352 e. The molecule has 23 heavy (non-hydrogen) atoms. The molecule has 0 unspecified atom stereocenters. The van der Waals surface area contributed by atoms with E-state index < -0.39 is 0 Å². The molecule has 0 aliphatic rings. The van der Waals surface area contributed by atoms with Gasteiger partial charge in [0.15, 0.2) is 0 Å². The zero-order chi connectivity index (χ0) is 15.6. The van der Waals surface area contributed by atoms with Gasteiger partial charge in [0.25, 0.3) is 5.91 Å². The van der Waals surface area contributed by atoms with Gasteiger partial charge in [-0.25, -0.2) is 9.97 Å². The number of carbonyl (C=O) groups is 1. The summed E-state index contributed by atoms with van der Waals surface area (Å²) in [4.78, 5) is 24.2. The van der Waals surface area contributed by atoms with Crippen LogP contribution in [0.4, 0.5) is 0 Å². The normalized spacial score (nSPS) is 11.1. The fourth-order valence-electron chi connectivity index (χ4n) is 2.52. The van der Waals surface area contributed by atoms with Crippen LogP contribution in [-0.4, -0.2) is 27.4 Å². The van der Waals surface area contributed by atoms with Crippen molar-refractivity contribution in [3.05, 3.63) is 59.4 Å². The molecule has 0 aliphatic heterocycles. The van der Waals surface area contributed by atoms with E-state index in [9.17, 15) is 4.79 Å². The molecule has 0 aliphatic carbocycles. The third-order valence-corrected chi connectivity index (χ3v) is 4.47. The Hall–Kier alpha value is -2.73. The van der Waals surface area contributed by atoms with E-state index in [1.165, 1.54) is 11.3 Å². The highest BCUT2D eigenvalue weighted by molar-refractivity contribution is 7.16. The lowest BCUT2D eigenvalue weighted by Crippen LogP contribution is -2.25. The second kappa shape index (κ2) is 5.81. The van der Waals surface area contributed by atoms with Crippen molar-refractivity contribution in [3.63, 3.8) is 0 Å². The van der Waals surface area contributed by atoms with Crippen molar-refractivity contribution >= 4 is 38.5 Å². The van der Waals surface area contributed by atoms with E-state index in [0.29, 0.717) is 18.5 Å². The zero-order valence-corrected chi connectivity index (χ0v) is 13.1. The van der Waals surface area contributed by atoms with Crippen molar-refractivity contribution < 1.29 is 4.79 Å². The van der Waals surface area contributed by atoms with E-state index in [2.05, 4.69) is 20.3 Å². The Labute approximate surface area is 136 Å². The number of carbonyl (C=O) groups excluding carboxylic acids is 1. The molecule has 114 valence electrons. The molecule has 0 saturated carbocycles. The zero-order valence-electron chi connectivity index (χ0n) is 12.2. The Morgan fingerprint density at radius 2 is 2.09 bits per heavy atom. The van der Waals surface area contributed by atoms with Crippen molar-refractivity contribution in [2.45, 2.75) is 6.42 Å². The van der Waals surface area contributed by atoms with E-state index in [0.717, 1.165) is 27.1 Å². The number of hydrogen-bond donors (Lipinski definition) is 2. The number of nitrogens with zero attached hydrogens (tertiary/aromatic N) is 2. The van der Waals surface area contributed by atoms with Crippen LogP contribution >= 0.6 is 11.3 Å². The van der Waals surface area contributed by atoms with Gasteiger partial charge in [-0.05, 0) is 30.3 Å². The third-order valence-electron chi connectivity index (χ3n) is 3.68. The minimum atomic E-state index is -0.0728. The summed E-state index contributed by atoms with van der Waals surface area (Å²) in [5, 5.41) is 2.93. The van der Waals surface area contributed by atoms with E-state index >= 15 is 0 Å². The van der Waals surface area contributed by atoms with E-state index in [-0.39, 0.29) is 5.91 Å². The van der Waals surface area contributed by atoms with Gasteiger partial charge in [0, 0.05) is 18.5 Å². The molecule has 4 aromatic rings. The van der Waals surface area contributed by atoms with Crippen molar-refractivity contribution in [2.75, 3.05) is 6.54 Å². The monoisotopic (exact) mass is 322 g/mol. The molecule has 0 bridgehead atoms. The molecule has 1 amide bonds. The second-order valence-corrected chi connectivity index (χ2v) is 6.13. The first-order valence-electron chi connectivity index (χ1n) is 7.35. The smallest absolute Gasteiger partial charge is 0.251 e. The quantitative estimate of drug-likeness (QED) is 0.606. The maximum Gasteiger partial charge on any atom is 0.251 e. The maximum atomic E-state index is 12.2. The number of benzene rings is 2. The van der Waals surface area contributed by atoms with Gasteiger partial charge in [-0.15, -0.1) is 11.3 Å². The molecule has 6 heteroatoms. The van der Waals surface area contributed by atoms with Gasteiger partial charge < -0.3 is 10.3 Å². The lowest BCUT2D eigenvalue weighted by atomic mass is 10.2. The number of para-hydroxylation sites is 2. The van der Waals surface area contributed by atoms with E-state index in [4.69, 9.17) is 0 Å². The van der Waals surface area contributed by atoms with Crippen LogP contribution in [0.15, 0.2) is 48.0 Å². The molecule has 4 rings (SSSR count). The Bertz CT molecular complexity index is 955. The van der Waals surface area contributed by atoms with Crippen LogP contribution in [0.5, 0.6) is 0 Å². The molecule has 0 saturated heterocycles. The summed E-state index contributed by atoms with van der Waals surface area (Å²) < 4.78 is 1.02. The maximum absolute atomic E-state index is 12.2. The van der Waals surface area contributed by atoms with Gasteiger partial charge in [0.1, 0.15) is 5.82 Å². The molecule has 0 fully saturated rings. The number of imidazole rings is 1. The molecule has 5 nitrogen and oxygen atoms in total. The summed E-state index contributed by atoms with van der Waals surface area (Å²) in [6.45, 7) is 0.541. The highest BCUT2D eigenvalue weighted by atomic mass is 32.1. The Morgan fingerprint density at radius 3 is 3.00 bits per heavy atom. The number of rotatable bonds is 4. The lowest BCUT2D eigenvalue weighted by molar-refractivity contribution is 0.0954. The predicted molar refractivity (Wildman–Crippen MR) is 91.8 cm³/mol. The fourth-order valence-corrected chi connectivity index (χ4v) is 3.23. The van der Waals surface area contributed by atoms with Gasteiger partial charge in [0.2, 0.25) is 0 Å². The second-order valence-electron chi connectivity index (χ2n) is 5.24. The first-order valence-corrected chi connectivity index (χ1v) is 8.23. The lowest BCUT2D eigenvalue weighted by Gasteiger charge is -2.04.